The summed E-state index contributed by atoms with van der Waals surface area (Å²) < 4.78 is 16.7. The average molecular weight is 421 g/mol. The second kappa shape index (κ2) is 8.43. The Kier molecular flexibility index (Phi) is 5.55. The Hall–Kier alpha value is -3.57. The van der Waals surface area contributed by atoms with Crippen molar-refractivity contribution in [2.75, 3.05) is 6.61 Å². The minimum atomic E-state index is -0.530. The van der Waals surface area contributed by atoms with Crippen LogP contribution in [0.1, 0.15) is 33.2 Å². The zero-order valence-electron chi connectivity index (χ0n) is 16.1. The number of fused-ring (bicyclic) bond motifs is 1. The van der Waals surface area contributed by atoms with Crippen molar-refractivity contribution < 1.29 is 23.8 Å². The van der Waals surface area contributed by atoms with E-state index in [2.05, 4.69) is 0 Å². The second-order valence-corrected chi connectivity index (χ2v) is 6.90. The average Bonchev–Trinajstić information content (AvgIpc) is 3.05. The molecule has 0 saturated carbocycles. The number of Topliss-reactive ketones (excluding diaryl/α,β-unsaturated/α-hetero) is 1. The number of esters is 1. The van der Waals surface area contributed by atoms with Gasteiger partial charge in [0.05, 0.1) is 17.7 Å². The van der Waals surface area contributed by atoms with Gasteiger partial charge in [-0.3, -0.25) is 4.79 Å². The Balaban J connectivity index is 1.55. The number of rotatable bonds is 5. The molecule has 1 heterocycles. The molecule has 5 nitrogen and oxygen atoms in total. The number of hydrogen-bond donors (Lipinski definition) is 0. The predicted molar refractivity (Wildman–Crippen MR) is 113 cm³/mol. The summed E-state index contributed by atoms with van der Waals surface area (Å²) in [4.78, 5) is 25.0. The molecule has 150 valence electrons. The molecule has 30 heavy (non-hydrogen) atoms. The number of benzene rings is 3. The van der Waals surface area contributed by atoms with E-state index in [9.17, 15) is 9.59 Å². The van der Waals surface area contributed by atoms with E-state index in [-0.39, 0.29) is 17.3 Å². The monoisotopic (exact) mass is 420 g/mol. The van der Waals surface area contributed by atoms with Gasteiger partial charge in [-0.2, -0.15) is 0 Å². The van der Waals surface area contributed by atoms with Gasteiger partial charge in [-0.25, -0.2) is 4.79 Å². The van der Waals surface area contributed by atoms with Crippen LogP contribution in [0.3, 0.4) is 0 Å². The summed E-state index contributed by atoms with van der Waals surface area (Å²) in [5.74, 6) is 0.680. The van der Waals surface area contributed by atoms with E-state index in [0.717, 1.165) is 5.56 Å². The van der Waals surface area contributed by atoms with Crippen LogP contribution in [0.4, 0.5) is 0 Å². The maximum atomic E-state index is 12.7. The fourth-order valence-electron chi connectivity index (χ4n) is 3.01. The molecule has 4 rings (SSSR count). The smallest absolute Gasteiger partial charge is 0.343 e. The summed E-state index contributed by atoms with van der Waals surface area (Å²) in [7, 11) is 0. The molecule has 3 aromatic rings. The van der Waals surface area contributed by atoms with Gasteiger partial charge in [-0.1, -0.05) is 29.8 Å². The summed E-state index contributed by atoms with van der Waals surface area (Å²) in [6.07, 6.45) is 1.65. The normalized spacial score (nSPS) is 13.7. The Labute approximate surface area is 178 Å². The number of allylic oxidation sites excluding steroid dienone is 1. The highest BCUT2D eigenvalue weighted by atomic mass is 35.5. The Morgan fingerprint density at radius 2 is 1.83 bits per heavy atom. The first-order chi connectivity index (χ1) is 14.5. The van der Waals surface area contributed by atoms with Crippen LogP contribution in [0.25, 0.3) is 6.08 Å². The Bertz CT molecular complexity index is 1150. The number of hydrogen-bond acceptors (Lipinski definition) is 5. The molecule has 0 aromatic heterocycles. The first-order valence-electron chi connectivity index (χ1n) is 9.33. The van der Waals surface area contributed by atoms with Gasteiger partial charge >= 0.3 is 5.97 Å². The fraction of sp³-hybridized carbons (Fsp3) is 0.0833. The van der Waals surface area contributed by atoms with Gasteiger partial charge < -0.3 is 14.2 Å². The minimum Gasteiger partial charge on any atom is -0.493 e. The summed E-state index contributed by atoms with van der Waals surface area (Å²) in [6, 6.07) is 18.4. The maximum absolute atomic E-state index is 12.7. The molecule has 1 aliphatic heterocycles. The fourth-order valence-corrected chi connectivity index (χ4v) is 3.14. The van der Waals surface area contributed by atoms with Crippen molar-refractivity contribution in [2.45, 2.75) is 6.92 Å². The van der Waals surface area contributed by atoms with Crippen molar-refractivity contribution in [3.05, 3.63) is 94.2 Å². The van der Waals surface area contributed by atoms with Crippen LogP contribution in [0.15, 0.2) is 72.5 Å². The minimum absolute atomic E-state index is 0.179. The van der Waals surface area contributed by atoms with E-state index in [4.69, 9.17) is 25.8 Å². The van der Waals surface area contributed by atoms with Crippen molar-refractivity contribution in [2.24, 2.45) is 0 Å². The molecule has 0 radical (unpaired) electrons. The molecule has 1 aliphatic rings. The third-order valence-electron chi connectivity index (χ3n) is 4.44. The van der Waals surface area contributed by atoms with Crippen LogP contribution in [-0.4, -0.2) is 18.4 Å². The maximum Gasteiger partial charge on any atom is 0.343 e. The lowest BCUT2D eigenvalue weighted by atomic mass is 10.1. The van der Waals surface area contributed by atoms with Gasteiger partial charge in [0.1, 0.15) is 17.2 Å². The van der Waals surface area contributed by atoms with Crippen molar-refractivity contribution in [3.8, 4) is 17.2 Å². The van der Waals surface area contributed by atoms with Gasteiger partial charge in [0.2, 0.25) is 5.78 Å². The molecule has 0 saturated heterocycles. The third kappa shape index (κ3) is 4.07. The standard InChI is InChI=1S/C24H17ClO5/c1-2-28-20-6-4-3-5-16(20)13-22-23(26)19-12-11-18(14-21(19)30-22)29-24(27)15-7-9-17(25)10-8-15/h3-14H,2H2,1H3/b22-13-. The summed E-state index contributed by atoms with van der Waals surface area (Å²) >= 11 is 5.84. The molecule has 0 aliphatic carbocycles. The van der Waals surface area contributed by atoms with Crippen LogP contribution < -0.4 is 14.2 Å². The second-order valence-electron chi connectivity index (χ2n) is 6.46. The zero-order chi connectivity index (χ0) is 21.1. The van der Waals surface area contributed by atoms with Gasteiger partial charge in [-0.05, 0) is 55.5 Å². The van der Waals surface area contributed by atoms with Crippen LogP contribution in [0, 0.1) is 0 Å². The number of halogens is 1. The topological polar surface area (TPSA) is 61.8 Å². The molecule has 0 amide bonds. The quantitative estimate of drug-likeness (QED) is 0.306. The predicted octanol–water partition coefficient (Wildman–Crippen LogP) is 5.57. The van der Waals surface area contributed by atoms with Crippen LogP contribution in [0.5, 0.6) is 17.2 Å². The molecule has 3 aromatic carbocycles. The lowest BCUT2D eigenvalue weighted by Crippen LogP contribution is -2.08. The lowest BCUT2D eigenvalue weighted by Gasteiger charge is -2.07. The molecule has 0 bridgehead atoms. The first kappa shape index (κ1) is 19.7. The highest BCUT2D eigenvalue weighted by Gasteiger charge is 2.28. The molecular weight excluding hydrogens is 404 g/mol. The van der Waals surface area contributed by atoms with Crippen LogP contribution in [0.2, 0.25) is 5.02 Å². The van der Waals surface area contributed by atoms with E-state index in [1.54, 1.807) is 42.5 Å². The molecule has 0 unspecified atom stereocenters. The van der Waals surface area contributed by atoms with Gasteiger partial charge in [-0.15, -0.1) is 0 Å². The van der Waals surface area contributed by atoms with Gasteiger partial charge in [0.15, 0.2) is 5.76 Å². The van der Waals surface area contributed by atoms with E-state index in [1.807, 2.05) is 31.2 Å². The van der Waals surface area contributed by atoms with Crippen molar-refractivity contribution in [1.82, 2.24) is 0 Å². The summed E-state index contributed by atoms with van der Waals surface area (Å²) in [6.45, 7) is 2.40. The van der Waals surface area contributed by atoms with Gasteiger partial charge in [0, 0.05) is 16.7 Å². The van der Waals surface area contributed by atoms with E-state index in [0.29, 0.717) is 34.3 Å². The first-order valence-corrected chi connectivity index (χ1v) is 9.71. The largest absolute Gasteiger partial charge is 0.493 e. The van der Waals surface area contributed by atoms with E-state index < -0.39 is 5.97 Å². The molecule has 6 heteroatoms. The van der Waals surface area contributed by atoms with Crippen molar-refractivity contribution in [1.29, 1.82) is 0 Å². The van der Waals surface area contributed by atoms with E-state index in [1.165, 1.54) is 6.07 Å². The summed E-state index contributed by atoms with van der Waals surface area (Å²) in [5.41, 5.74) is 1.51. The van der Waals surface area contributed by atoms with Gasteiger partial charge in [0.25, 0.3) is 0 Å². The van der Waals surface area contributed by atoms with Crippen LogP contribution >= 0.6 is 11.6 Å². The van der Waals surface area contributed by atoms with Crippen LogP contribution in [-0.2, 0) is 0 Å². The van der Waals surface area contributed by atoms with Crippen molar-refractivity contribution in [3.63, 3.8) is 0 Å². The third-order valence-corrected chi connectivity index (χ3v) is 4.69. The highest BCUT2D eigenvalue weighted by molar-refractivity contribution is 6.30. The molecule has 0 atom stereocenters. The molecule has 0 N–H and O–H groups in total. The number of ketones is 1. The number of carbonyl (C=O) groups excluding carboxylic acids is 2. The van der Waals surface area contributed by atoms with Crippen molar-refractivity contribution >= 4 is 29.4 Å². The highest BCUT2D eigenvalue weighted by Crippen LogP contribution is 2.36. The number of para-hydroxylation sites is 1. The number of ether oxygens (including phenoxy) is 3. The molecule has 0 fully saturated rings. The van der Waals surface area contributed by atoms with E-state index >= 15 is 0 Å². The Morgan fingerprint density at radius 1 is 1.07 bits per heavy atom. The zero-order valence-corrected chi connectivity index (χ0v) is 16.8. The number of carbonyl (C=O) groups is 2. The molecule has 0 spiro atoms. The summed E-state index contributed by atoms with van der Waals surface area (Å²) in [5, 5.41) is 0.529. The SMILES string of the molecule is CCOc1ccccc1/C=C1\Oc2cc(OC(=O)c3ccc(Cl)cc3)ccc2C1=O. The molecular formula is C24H17ClO5. The lowest BCUT2D eigenvalue weighted by molar-refractivity contribution is 0.0734. The Morgan fingerprint density at radius 3 is 2.60 bits per heavy atom.